The Labute approximate surface area is 154 Å². The van der Waals surface area contributed by atoms with E-state index >= 15 is 0 Å². The highest BCUT2D eigenvalue weighted by atomic mass is 16.5. The topological polar surface area (TPSA) is 117 Å². The standard InChI is InChI=1S/C18H20N4O5/c1-4-14(23)22-13(10-5-7-11(27-3)8-6-10)9-12(20-22)15-16(24)19-18(26)21(2)17(15)25/h5-8,13,25H,4,9H2,1-3H3,(H,19,24,26). The van der Waals surface area contributed by atoms with E-state index in [1.807, 2.05) is 12.1 Å². The van der Waals surface area contributed by atoms with Gasteiger partial charge in [-0.3, -0.25) is 19.1 Å². The summed E-state index contributed by atoms with van der Waals surface area (Å²) in [5.74, 6) is -0.0215. The molecule has 0 radical (unpaired) electrons. The molecule has 9 nitrogen and oxygen atoms in total. The van der Waals surface area contributed by atoms with E-state index in [1.165, 1.54) is 12.1 Å². The van der Waals surface area contributed by atoms with Crippen molar-refractivity contribution in [2.45, 2.75) is 25.8 Å². The molecule has 142 valence electrons. The Kier molecular flexibility index (Phi) is 4.85. The second-order valence-corrected chi connectivity index (χ2v) is 6.15. The number of H-pyrrole nitrogens is 1. The molecule has 1 aliphatic rings. The molecule has 0 fully saturated rings. The molecule has 1 aliphatic heterocycles. The Morgan fingerprint density at radius 1 is 1.33 bits per heavy atom. The smallest absolute Gasteiger partial charge is 0.330 e. The Morgan fingerprint density at radius 2 is 2.00 bits per heavy atom. The van der Waals surface area contributed by atoms with Gasteiger partial charge >= 0.3 is 5.69 Å². The Hall–Kier alpha value is -3.36. The number of hydrogen-bond acceptors (Lipinski definition) is 6. The molecule has 1 aromatic carbocycles. The van der Waals surface area contributed by atoms with E-state index in [4.69, 9.17) is 4.74 Å². The largest absolute Gasteiger partial charge is 0.497 e. The molecular formula is C18H20N4O5. The van der Waals surface area contributed by atoms with Crippen molar-refractivity contribution in [1.82, 2.24) is 14.6 Å². The second kappa shape index (κ2) is 7.10. The van der Waals surface area contributed by atoms with Gasteiger partial charge in [0.25, 0.3) is 5.56 Å². The van der Waals surface area contributed by atoms with E-state index in [2.05, 4.69) is 10.1 Å². The summed E-state index contributed by atoms with van der Waals surface area (Å²) < 4.78 is 6.08. The van der Waals surface area contributed by atoms with Crippen molar-refractivity contribution in [2.75, 3.05) is 7.11 Å². The van der Waals surface area contributed by atoms with Gasteiger partial charge in [0, 0.05) is 19.9 Å². The molecule has 0 saturated carbocycles. The lowest BCUT2D eigenvalue weighted by Crippen LogP contribution is -2.32. The fourth-order valence-corrected chi connectivity index (χ4v) is 3.01. The van der Waals surface area contributed by atoms with Gasteiger partial charge in [-0.25, -0.2) is 9.80 Å². The maximum atomic E-state index is 12.4. The molecule has 27 heavy (non-hydrogen) atoms. The van der Waals surface area contributed by atoms with Gasteiger partial charge in [-0.1, -0.05) is 19.1 Å². The van der Waals surface area contributed by atoms with Gasteiger partial charge in [-0.05, 0) is 17.7 Å². The number of amides is 1. The summed E-state index contributed by atoms with van der Waals surface area (Å²) in [6.07, 6.45) is 0.464. The highest BCUT2D eigenvalue weighted by molar-refractivity contribution is 6.04. The lowest BCUT2D eigenvalue weighted by molar-refractivity contribution is -0.132. The molecule has 2 aromatic rings. The van der Waals surface area contributed by atoms with E-state index in [0.717, 1.165) is 10.1 Å². The van der Waals surface area contributed by atoms with Crippen molar-refractivity contribution in [3.8, 4) is 11.6 Å². The van der Waals surface area contributed by atoms with Gasteiger partial charge in [-0.15, -0.1) is 0 Å². The third kappa shape index (κ3) is 3.23. The van der Waals surface area contributed by atoms with Crippen molar-refractivity contribution in [3.05, 3.63) is 56.2 Å². The van der Waals surface area contributed by atoms with E-state index in [9.17, 15) is 19.5 Å². The van der Waals surface area contributed by atoms with Crippen LogP contribution in [-0.4, -0.2) is 38.4 Å². The third-order valence-corrected chi connectivity index (χ3v) is 4.55. The van der Waals surface area contributed by atoms with Crippen LogP contribution in [0.25, 0.3) is 0 Å². The first-order valence-electron chi connectivity index (χ1n) is 8.43. The number of hydrazone groups is 1. The van der Waals surface area contributed by atoms with Crippen LogP contribution in [0.15, 0.2) is 39.0 Å². The molecule has 1 atom stereocenters. The van der Waals surface area contributed by atoms with Crippen molar-refractivity contribution in [1.29, 1.82) is 0 Å². The van der Waals surface area contributed by atoms with Crippen LogP contribution in [0.5, 0.6) is 11.6 Å². The van der Waals surface area contributed by atoms with Crippen LogP contribution in [0.3, 0.4) is 0 Å². The Balaban J connectivity index is 2.06. The molecule has 1 unspecified atom stereocenters. The number of aromatic nitrogens is 2. The highest BCUT2D eigenvalue weighted by Gasteiger charge is 2.34. The SMILES string of the molecule is CCC(=O)N1N=C(c2c(O)n(C)c(=O)[nH]c2=O)CC1c1ccc(OC)cc1. The fraction of sp³-hybridized carbons (Fsp3) is 0.333. The molecule has 9 heteroatoms. The summed E-state index contributed by atoms with van der Waals surface area (Å²) in [6.45, 7) is 1.72. The summed E-state index contributed by atoms with van der Waals surface area (Å²) in [4.78, 5) is 38.4. The molecule has 1 aromatic heterocycles. The molecule has 0 bridgehead atoms. The monoisotopic (exact) mass is 372 g/mol. The van der Waals surface area contributed by atoms with E-state index in [-0.39, 0.29) is 30.0 Å². The number of nitrogens with zero attached hydrogens (tertiary/aromatic N) is 3. The molecule has 0 aliphatic carbocycles. The lowest BCUT2D eigenvalue weighted by atomic mass is 9.99. The van der Waals surface area contributed by atoms with Crippen molar-refractivity contribution >= 4 is 11.6 Å². The summed E-state index contributed by atoms with van der Waals surface area (Å²) in [5, 5.41) is 15.9. The maximum absolute atomic E-state index is 12.4. The average Bonchev–Trinajstić information content (AvgIpc) is 3.10. The van der Waals surface area contributed by atoms with Gasteiger partial charge in [0.05, 0.1) is 18.9 Å². The predicted molar refractivity (Wildman–Crippen MR) is 98.0 cm³/mol. The van der Waals surface area contributed by atoms with E-state index in [0.29, 0.717) is 5.75 Å². The van der Waals surface area contributed by atoms with Gasteiger partial charge in [0.1, 0.15) is 11.3 Å². The number of aromatic hydroxyl groups is 1. The first kappa shape index (κ1) is 18.4. The minimum Gasteiger partial charge on any atom is -0.497 e. The highest BCUT2D eigenvalue weighted by Crippen LogP contribution is 2.34. The Morgan fingerprint density at radius 3 is 2.59 bits per heavy atom. The summed E-state index contributed by atoms with van der Waals surface area (Å²) in [7, 11) is 2.90. The lowest BCUT2D eigenvalue weighted by Gasteiger charge is -2.21. The molecule has 0 spiro atoms. The van der Waals surface area contributed by atoms with Crippen LogP contribution in [0.1, 0.15) is 36.9 Å². The number of nitrogens with one attached hydrogen (secondary N) is 1. The van der Waals surface area contributed by atoms with Gasteiger partial charge in [-0.2, -0.15) is 5.10 Å². The van der Waals surface area contributed by atoms with Crippen LogP contribution < -0.4 is 16.0 Å². The van der Waals surface area contributed by atoms with Crippen molar-refractivity contribution in [2.24, 2.45) is 12.1 Å². The van der Waals surface area contributed by atoms with Crippen molar-refractivity contribution in [3.63, 3.8) is 0 Å². The summed E-state index contributed by atoms with van der Waals surface area (Å²) in [5.41, 5.74) is -0.521. The minimum absolute atomic E-state index is 0.109. The fourth-order valence-electron chi connectivity index (χ4n) is 3.01. The number of carbonyl (C=O) groups excluding carboxylic acids is 1. The molecule has 3 rings (SSSR count). The van der Waals surface area contributed by atoms with Crippen molar-refractivity contribution < 1.29 is 14.6 Å². The molecule has 2 N–H and O–H groups in total. The summed E-state index contributed by atoms with van der Waals surface area (Å²) >= 11 is 0. The van der Waals surface area contributed by atoms with Crippen LogP contribution in [0.4, 0.5) is 0 Å². The maximum Gasteiger partial charge on any atom is 0.330 e. The zero-order valence-corrected chi connectivity index (χ0v) is 15.2. The van der Waals surface area contributed by atoms with Gasteiger partial charge in [0.2, 0.25) is 11.8 Å². The minimum atomic E-state index is -0.742. The average molecular weight is 372 g/mol. The first-order chi connectivity index (χ1) is 12.9. The normalized spacial score (nSPS) is 16.3. The van der Waals surface area contributed by atoms with Crippen LogP contribution in [0, 0.1) is 0 Å². The predicted octanol–water partition coefficient (Wildman–Crippen LogP) is 0.875. The molecular weight excluding hydrogens is 352 g/mol. The molecule has 1 amide bonds. The number of ether oxygens (including phenoxy) is 1. The van der Waals surface area contributed by atoms with E-state index < -0.39 is 23.2 Å². The number of carbonyl (C=O) groups is 1. The van der Waals surface area contributed by atoms with Crippen LogP contribution in [-0.2, 0) is 11.8 Å². The second-order valence-electron chi connectivity index (χ2n) is 6.15. The van der Waals surface area contributed by atoms with E-state index in [1.54, 1.807) is 26.2 Å². The Bertz CT molecular complexity index is 1020. The summed E-state index contributed by atoms with van der Waals surface area (Å²) in [6, 6.07) is 6.77. The number of hydrogen-bond donors (Lipinski definition) is 2. The van der Waals surface area contributed by atoms with Crippen LogP contribution >= 0.6 is 0 Å². The zero-order chi connectivity index (χ0) is 19.7. The van der Waals surface area contributed by atoms with Gasteiger partial charge in [0.15, 0.2) is 0 Å². The quantitative estimate of drug-likeness (QED) is 0.826. The van der Waals surface area contributed by atoms with Crippen LogP contribution in [0.2, 0.25) is 0 Å². The number of benzene rings is 1. The number of methoxy groups -OCH3 is 1. The number of rotatable bonds is 4. The van der Waals surface area contributed by atoms with Gasteiger partial charge < -0.3 is 9.84 Å². The third-order valence-electron chi connectivity index (χ3n) is 4.55. The zero-order valence-electron chi connectivity index (χ0n) is 15.2. The number of aromatic amines is 1. The first-order valence-corrected chi connectivity index (χ1v) is 8.43. The molecule has 2 heterocycles. The molecule has 0 saturated heterocycles.